The number of rotatable bonds is 3. The van der Waals surface area contributed by atoms with E-state index in [4.69, 9.17) is 0 Å². The van der Waals surface area contributed by atoms with Crippen LogP contribution < -0.4 is 5.32 Å². The number of hydrogen-bond acceptors (Lipinski definition) is 2. The van der Waals surface area contributed by atoms with Crippen LogP contribution in [0.25, 0.3) is 16.8 Å². The Morgan fingerprint density at radius 1 is 1.04 bits per heavy atom. The molecule has 0 saturated heterocycles. The molecule has 0 aliphatic carbocycles. The van der Waals surface area contributed by atoms with Gasteiger partial charge in [-0.25, -0.2) is 8.78 Å². The van der Waals surface area contributed by atoms with Crippen molar-refractivity contribution in [1.82, 2.24) is 0 Å². The van der Waals surface area contributed by atoms with Gasteiger partial charge in [0, 0.05) is 6.07 Å². The van der Waals surface area contributed by atoms with E-state index >= 15 is 0 Å². The molecule has 122 valence electrons. The molecule has 0 heterocycles. The first-order valence-corrected chi connectivity index (χ1v) is 7.44. The summed E-state index contributed by atoms with van der Waals surface area (Å²) >= 11 is 0. The van der Waals surface area contributed by atoms with Crippen molar-refractivity contribution in [3.63, 3.8) is 0 Å². The minimum Gasteiger partial charge on any atom is -0.319 e. The average molecular weight is 334 g/mol. The molecule has 0 radical (unpaired) electrons. The number of carbonyl (C=O) groups is 1. The van der Waals surface area contributed by atoms with Gasteiger partial charge in [0.25, 0.3) is 5.91 Å². The summed E-state index contributed by atoms with van der Waals surface area (Å²) < 4.78 is 26.6. The van der Waals surface area contributed by atoms with Gasteiger partial charge in [0.1, 0.15) is 23.3 Å². The molecule has 0 saturated carbocycles. The summed E-state index contributed by atoms with van der Waals surface area (Å²) in [6.07, 6.45) is 1.44. The third-order valence-electron chi connectivity index (χ3n) is 3.67. The Bertz CT molecular complexity index is 1030. The fraction of sp³-hybridized carbons (Fsp3) is 0. The number of hydrogen-bond donors (Lipinski definition) is 1. The Morgan fingerprint density at radius 3 is 2.56 bits per heavy atom. The highest BCUT2D eigenvalue weighted by Crippen LogP contribution is 2.22. The van der Waals surface area contributed by atoms with Gasteiger partial charge < -0.3 is 5.32 Å². The molecular formula is C20H12F2N2O. The van der Waals surface area contributed by atoms with Crippen molar-refractivity contribution in [1.29, 1.82) is 5.26 Å². The maximum absolute atomic E-state index is 13.7. The number of halogens is 2. The van der Waals surface area contributed by atoms with E-state index in [-0.39, 0.29) is 11.3 Å². The number of benzene rings is 3. The van der Waals surface area contributed by atoms with Gasteiger partial charge in [0.15, 0.2) is 0 Å². The van der Waals surface area contributed by atoms with Crippen LogP contribution in [0.1, 0.15) is 5.56 Å². The zero-order valence-corrected chi connectivity index (χ0v) is 13.0. The topological polar surface area (TPSA) is 52.9 Å². The summed E-state index contributed by atoms with van der Waals surface area (Å²) in [5, 5.41) is 13.4. The molecule has 0 fully saturated rings. The van der Waals surface area contributed by atoms with Crippen LogP contribution in [0, 0.1) is 23.0 Å². The molecule has 0 aliphatic rings. The zero-order chi connectivity index (χ0) is 17.8. The molecule has 25 heavy (non-hydrogen) atoms. The number of amides is 1. The molecule has 0 unspecified atom stereocenters. The van der Waals surface area contributed by atoms with Crippen LogP contribution in [0.5, 0.6) is 0 Å². The molecule has 1 amide bonds. The largest absolute Gasteiger partial charge is 0.319 e. The first kappa shape index (κ1) is 16.3. The second-order valence-corrected chi connectivity index (χ2v) is 5.32. The van der Waals surface area contributed by atoms with Gasteiger partial charge in [0.05, 0.1) is 5.69 Å². The molecule has 0 spiro atoms. The standard InChI is InChI=1S/C20H12F2N2O/c21-16-8-9-19(18(22)11-16)24-20(25)15(12-23)10-14-6-3-5-13-4-1-2-7-17(13)14/h1-11H,(H,24,25)/b15-10+. The summed E-state index contributed by atoms with van der Waals surface area (Å²) in [6.45, 7) is 0. The Morgan fingerprint density at radius 2 is 1.80 bits per heavy atom. The van der Waals surface area contributed by atoms with E-state index in [1.807, 2.05) is 42.5 Å². The molecule has 3 nitrogen and oxygen atoms in total. The van der Waals surface area contributed by atoms with Gasteiger partial charge in [0.2, 0.25) is 0 Å². The predicted molar refractivity (Wildman–Crippen MR) is 92.5 cm³/mol. The van der Waals surface area contributed by atoms with Crippen molar-refractivity contribution >= 4 is 28.4 Å². The molecule has 3 aromatic rings. The molecule has 1 N–H and O–H groups in total. The van der Waals surface area contributed by atoms with E-state index in [2.05, 4.69) is 5.32 Å². The number of fused-ring (bicyclic) bond motifs is 1. The Labute approximate surface area is 142 Å². The van der Waals surface area contributed by atoms with Gasteiger partial charge >= 0.3 is 0 Å². The minimum absolute atomic E-state index is 0.180. The number of nitriles is 1. The number of anilines is 1. The normalized spacial score (nSPS) is 11.2. The third-order valence-corrected chi connectivity index (χ3v) is 3.67. The van der Waals surface area contributed by atoms with Crippen molar-refractivity contribution in [3.8, 4) is 6.07 Å². The van der Waals surface area contributed by atoms with Gasteiger partial charge in [-0.05, 0) is 34.5 Å². The highest BCUT2D eigenvalue weighted by atomic mass is 19.1. The molecular weight excluding hydrogens is 322 g/mol. The second-order valence-electron chi connectivity index (χ2n) is 5.32. The van der Waals surface area contributed by atoms with E-state index in [0.29, 0.717) is 11.6 Å². The van der Waals surface area contributed by atoms with E-state index in [1.54, 1.807) is 6.07 Å². The summed E-state index contributed by atoms with van der Waals surface area (Å²) in [7, 11) is 0. The zero-order valence-electron chi connectivity index (χ0n) is 13.0. The van der Waals surface area contributed by atoms with Gasteiger partial charge in [-0.2, -0.15) is 5.26 Å². The smallest absolute Gasteiger partial charge is 0.266 e. The summed E-state index contributed by atoms with van der Waals surface area (Å²) in [5.74, 6) is -2.42. The van der Waals surface area contributed by atoms with Crippen LogP contribution in [0.15, 0.2) is 66.2 Å². The van der Waals surface area contributed by atoms with Crippen molar-refractivity contribution in [2.45, 2.75) is 0 Å². The lowest BCUT2D eigenvalue weighted by Crippen LogP contribution is -2.14. The monoisotopic (exact) mass is 334 g/mol. The quantitative estimate of drug-likeness (QED) is 0.559. The Kier molecular flexibility index (Phi) is 4.53. The molecule has 3 aromatic carbocycles. The predicted octanol–water partition coefficient (Wildman–Crippen LogP) is 4.66. The number of nitrogens with zero attached hydrogens (tertiary/aromatic N) is 1. The highest BCUT2D eigenvalue weighted by Gasteiger charge is 2.13. The average Bonchev–Trinajstić information content (AvgIpc) is 2.62. The van der Waals surface area contributed by atoms with Crippen molar-refractivity contribution < 1.29 is 13.6 Å². The van der Waals surface area contributed by atoms with Gasteiger partial charge in [-0.1, -0.05) is 42.5 Å². The first-order valence-electron chi connectivity index (χ1n) is 7.44. The third kappa shape index (κ3) is 3.54. The van der Waals surface area contributed by atoms with Crippen LogP contribution in [0.2, 0.25) is 0 Å². The molecule has 0 aromatic heterocycles. The van der Waals surface area contributed by atoms with Crippen molar-refractivity contribution in [2.75, 3.05) is 5.32 Å². The van der Waals surface area contributed by atoms with Gasteiger partial charge in [-0.3, -0.25) is 4.79 Å². The van der Waals surface area contributed by atoms with E-state index < -0.39 is 17.5 Å². The number of carbonyl (C=O) groups excluding carboxylic acids is 1. The molecule has 3 rings (SSSR count). The van der Waals surface area contributed by atoms with Crippen molar-refractivity contribution in [3.05, 3.63) is 83.4 Å². The SMILES string of the molecule is N#C/C(=C\c1cccc2ccccc12)C(=O)Nc1ccc(F)cc1F. The van der Waals surface area contributed by atoms with Crippen LogP contribution in [0.4, 0.5) is 14.5 Å². The van der Waals surface area contributed by atoms with Crippen LogP contribution >= 0.6 is 0 Å². The molecule has 5 heteroatoms. The molecule has 0 bridgehead atoms. The maximum Gasteiger partial charge on any atom is 0.266 e. The fourth-order valence-corrected chi connectivity index (χ4v) is 2.46. The second kappa shape index (κ2) is 6.93. The van der Waals surface area contributed by atoms with Crippen LogP contribution in [-0.4, -0.2) is 5.91 Å². The lowest BCUT2D eigenvalue weighted by atomic mass is 10.0. The minimum atomic E-state index is -0.907. The Hall–Kier alpha value is -3.52. The van der Waals surface area contributed by atoms with Gasteiger partial charge in [-0.15, -0.1) is 0 Å². The van der Waals surface area contributed by atoms with E-state index in [1.165, 1.54) is 6.08 Å². The summed E-state index contributed by atoms with van der Waals surface area (Å²) in [6, 6.07) is 17.7. The van der Waals surface area contributed by atoms with Crippen LogP contribution in [-0.2, 0) is 4.79 Å². The first-order chi connectivity index (χ1) is 12.1. The summed E-state index contributed by atoms with van der Waals surface area (Å²) in [5.41, 5.74) is 0.329. The number of nitrogens with one attached hydrogen (secondary N) is 1. The molecule has 0 atom stereocenters. The Balaban J connectivity index is 1.94. The van der Waals surface area contributed by atoms with Crippen molar-refractivity contribution in [2.24, 2.45) is 0 Å². The fourth-order valence-electron chi connectivity index (χ4n) is 2.46. The lowest BCUT2D eigenvalue weighted by Gasteiger charge is -2.06. The maximum atomic E-state index is 13.7. The van der Waals surface area contributed by atoms with E-state index in [9.17, 15) is 18.8 Å². The highest BCUT2D eigenvalue weighted by molar-refractivity contribution is 6.10. The molecule has 0 aliphatic heterocycles. The summed E-state index contributed by atoms with van der Waals surface area (Å²) in [4.78, 5) is 12.3. The van der Waals surface area contributed by atoms with Crippen LogP contribution in [0.3, 0.4) is 0 Å². The lowest BCUT2D eigenvalue weighted by molar-refractivity contribution is -0.112. The van der Waals surface area contributed by atoms with E-state index in [0.717, 1.165) is 22.9 Å².